The van der Waals surface area contributed by atoms with E-state index in [1.54, 1.807) is 13.3 Å². The van der Waals surface area contributed by atoms with Gasteiger partial charge in [0.25, 0.3) is 0 Å². The molecule has 0 aliphatic heterocycles. The zero-order valence-corrected chi connectivity index (χ0v) is 15.6. The number of methoxy groups -OCH3 is 1. The summed E-state index contributed by atoms with van der Waals surface area (Å²) in [6.45, 7) is 1.14. The van der Waals surface area contributed by atoms with Crippen LogP contribution in [0.15, 0.2) is 79.1 Å². The van der Waals surface area contributed by atoms with Gasteiger partial charge in [0.1, 0.15) is 23.9 Å². The van der Waals surface area contributed by atoms with Crippen LogP contribution < -0.4 is 14.8 Å². The lowest BCUT2D eigenvalue weighted by Gasteiger charge is -2.11. The van der Waals surface area contributed by atoms with Crippen LogP contribution in [0.2, 0.25) is 0 Å². The average Bonchev–Trinajstić information content (AvgIpc) is 2.77. The van der Waals surface area contributed by atoms with Gasteiger partial charge in [0, 0.05) is 35.5 Å². The Balaban J connectivity index is 1.44. The number of pyridine rings is 2. The summed E-state index contributed by atoms with van der Waals surface area (Å²) >= 11 is 0. The van der Waals surface area contributed by atoms with Crippen LogP contribution in [0.1, 0.15) is 11.1 Å². The third-order valence-electron chi connectivity index (χ3n) is 4.44. The molecule has 4 aromatic rings. The summed E-state index contributed by atoms with van der Waals surface area (Å²) in [7, 11) is 1.68. The van der Waals surface area contributed by atoms with Gasteiger partial charge in [0.2, 0.25) is 0 Å². The molecule has 1 N–H and O–H groups in total. The average molecular weight is 371 g/mol. The van der Waals surface area contributed by atoms with Crippen LogP contribution in [0.5, 0.6) is 11.5 Å². The zero-order valence-electron chi connectivity index (χ0n) is 15.6. The van der Waals surface area contributed by atoms with Crippen LogP contribution in [0.25, 0.3) is 10.9 Å². The molecule has 0 radical (unpaired) electrons. The quantitative estimate of drug-likeness (QED) is 0.504. The fraction of sp³-hybridized carbons (Fsp3) is 0.130. The molecule has 28 heavy (non-hydrogen) atoms. The number of hydrogen-bond donors (Lipinski definition) is 1. The molecule has 0 bridgehead atoms. The Morgan fingerprint density at radius 2 is 1.89 bits per heavy atom. The minimum atomic E-state index is 0.491. The Bertz CT molecular complexity index is 1070. The molecule has 5 nitrogen and oxygen atoms in total. The van der Waals surface area contributed by atoms with Gasteiger partial charge < -0.3 is 14.8 Å². The third kappa shape index (κ3) is 4.20. The first-order chi connectivity index (χ1) is 13.8. The standard InChI is InChI=1S/C23H21N3O2/c1-27-22-7-3-2-6-19(22)15-25-23-11-8-18-13-20(9-10-21(18)26-23)28-16-17-5-4-12-24-14-17/h2-14H,15-16H2,1H3,(H,25,26). The summed E-state index contributed by atoms with van der Waals surface area (Å²) in [5, 5.41) is 4.39. The number of rotatable bonds is 7. The predicted octanol–water partition coefficient (Wildman–Crippen LogP) is 4.83. The summed E-state index contributed by atoms with van der Waals surface area (Å²) < 4.78 is 11.3. The van der Waals surface area contributed by atoms with Gasteiger partial charge in [-0.05, 0) is 42.5 Å². The van der Waals surface area contributed by atoms with Crippen molar-refractivity contribution in [1.29, 1.82) is 0 Å². The Kier molecular flexibility index (Phi) is 5.33. The van der Waals surface area contributed by atoms with Gasteiger partial charge in [-0.15, -0.1) is 0 Å². The Labute approximate surface area is 164 Å². The van der Waals surface area contributed by atoms with Gasteiger partial charge >= 0.3 is 0 Å². The number of hydrogen-bond acceptors (Lipinski definition) is 5. The van der Waals surface area contributed by atoms with Crippen molar-refractivity contribution in [2.45, 2.75) is 13.2 Å². The Morgan fingerprint density at radius 1 is 0.964 bits per heavy atom. The number of fused-ring (bicyclic) bond motifs is 1. The van der Waals surface area contributed by atoms with Gasteiger partial charge in [-0.2, -0.15) is 0 Å². The van der Waals surface area contributed by atoms with Crippen molar-refractivity contribution in [2.24, 2.45) is 0 Å². The van der Waals surface area contributed by atoms with E-state index in [-0.39, 0.29) is 0 Å². The minimum Gasteiger partial charge on any atom is -0.496 e. The van der Waals surface area contributed by atoms with E-state index in [9.17, 15) is 0 Å². The molecule has 2 heterocycles. The fourth-order valence-corrected chi connectivity index (χ4v) is 2.98. The molecule has 0 aliphatic rings. The van der Waals surface area contributed by atoms with Crippen LogP contribution in [-0.4, -0.2) is 17.1 Å². The number of benzene rings is 2. The van der Waals surface area contributed by atoms with Gasteiger partial charge in [-0.3, -0.25) is 4.98 Å². The Hall–Kier alpha value is -3.60. The SMILES string of the molecule is COc1ccccc1CNc1ccc2cc(OCc3cccnc3)ccc2n1. The van der Waals surface area contributed by atoms with Gasteiger partial charge in [0.05, 0.1) is 12.6 Å². The molecule has 5 heteroatoms. The second-order valence-electron chi connectivity index (χ2n) is 6.37. The van der Waals surface area contributed by atoms with Crippen LogP contribution in [0.3, 0.4) is 0 Å². The van der Waals surface area contributed by atoms with Gasteiger partial charge in [-0.1, -0.05) is 24.3 Å². The maximum atomic E-state index is 5.86. The van der Waals surface area contributed by atoms with E-state index < -0.39 is 0 Å². The lowest BCUT2D eigenvalue weighted by atomic mass is 10.2. The summed E-state index contributed by atoms with van der Waals surface area (Å²) in [5.74, 6) is 2.50. The molecular formula is C23H21N3O2. The van der Waals surface area contributed by atoms with Crippen LogP contribution in [0, 0.1) is 0 Å². The van der Waals surface area contributed by atoms with Crippen molar-refractivity contribution in [2.75, 3.05) is 12.4 Å². The molecule has 4 rings (SSSR count). The highest BCUT2D eigenvalue weighted by atomic mass is 16.5. The van der Waals surface area contributed by atoms with Gasteiger partial charge in [-0.25, -0.2) is 4.98 Å². The van der Waals surface area contributed by atoms with Crippen molar-refractivity contribution in [3.05, 3.63) is 90.3 Å². The monoisotopic (exact) mass is 371 g/mol. The van der Waals surface area contributed by atoms with E-state index in [1.165, 1.54) is 0 Å². The maximum Gasteiger partial charge on any atom is 0.126 e. The maximum absolute atomic E-state index is 5.86. The highest BCUT2D eigenvalue weighted by molar-refractivity contribution is 5.81. The molecule has 0 saturated carbocycles. The molecule has 2 aromatic carbocycles. The van der Waals surface area contributed by atoms with Crippen molar-refractivity contribution in [1.82, 2.24) is 9.97 Å². The van der Waals surface area contributed by atoms with Crippen molar-refractivity contribution in [3.63, 3.8) is 0 Å². The normalized spacial score (nSPS) is 10.6. The van der Waals surface area contributed by atoms with E-state index in [1.807, 2.05) is 72.9 Å². The van der Waals surface area contributed by atoms with Crippen LogP contribution >= 0.6 is 0 Å². The fourth-order valence-electron chi connectivity index (χ4n) is 2.98. The first-order valence-corrected chi connectivity index (χ1v) is 9.10. The molecule has 2 aromatic heterocycles. The molecule has 0 spiro atoms. The molecule has 0 amide bonds. The van der Waals surface area contributed by atoms with E-state index in [0.29, 0.717) is 13.2 Å². The van der Waals surface area contributed by atoms with Crippen molar-refractivity contribution >= 4 is 16.7 Å². The number of para-hydroxylation sites is 1. The summed E-state index contributed by atoms with van der Waals surface area (Å²) in [6, 6.07) is 21.8. The summed E-state index contributed by atoms with van der Waals surface area (Å²) in [5.41, 5.74) is 3.04. The minimum absolute atomic E-state index is 0.491. The largest absolute Gasteiger partial charge is 0.496 e. The molecule has 0 atom stereocenters. The molecule has 0 fully saturated rings. The van der Waals surface area contributed by atoms with Crippen LogP contribution in [0.4, 0.5) is 5.82 Å². The molecular weight excluding hydrogens is 350 g/mol. The predicted molar refractivity (Wildman–Crippen MR) is 111 cm³/mol. The number of ether oxygens (including phenoxy) is 2. The van der Waals surface area contributed by atoms with Crippen LogP contribution in [-0.2, 0) is 13.2 Å². The Morgan fingerprint density at radius 3 is 2.75 bits per heavy atom. The summed E-state index contributed by atoms with van der Waals surface area (Å²) in [4.78, 5) is 8.79. The highest BCUT2D eigenvalue weighted by Crippen LogP contribution is 2.23. The first kappa shape index (κ1) is 17.8. The topological polar surface area (TPSA) is 56.3 Å². The van der Waals surface area contributed by atoms with Crippen molar-refractivity contribution < 1.29 is 9.47 Å². The lowest BCUT2D eigenvalue weighted by Crippen LogP contribution is -2.03. The zero-order chi connectivity index (χ0) is 19.2. The molecule has 140 valence electrons. The number of anilines is 1. The van der Waals surface area contributed by atoms with E-state index in [0.717, 1.165) is 39.3 Å². The second kappa shape index (κ2) is 8.39. The van der Waals surface area contributed by atoms with E-state index >= 15 is 0 Å². The van der Waals surface area contributed by atoms with E-state index in [2.05, 4.69) is 15.3 Å². The number of nitrogens with zero attached hydrogens (tertiary/aromatic N) is 2. The van der Waals surface area contributed by atoms with Crippen molar-refractivity contribution in [3.8, 4) is 11.5 Å². The summed E-state index contributed by atoms with van der Waals surface area (Å²) in [6.07, 6.45) is 3.56. The molecule has 0 unspecified atom stereocenters. The molecule has 0 saturated heterocycles. The van der Waals surface area contributed by atoms with Gasteiger partial charge in [0.15, 0.2) is 0 Å². The smallest absolute Gasteiger partial charge is 0.126 e. The lowest BCUT2D eigenvalue weighted by molar-refractivity contribution is 0.306. The van der Waals surface area contributed by atoms with E-state index in [4.69, 9.17) is 9.47 Å². The first-order valence-electron chi connectivity index (χ1n) is 9.10. The third-order valence-corrected chi connectivity index (χ3v) is 4.44. The molecule has 0 aliphatic carbocycles. The highest BCUT2D eigenvalue weighted by Gasteiger charge is 2.04. The second-order valence-corrected chi connectivity index (χ2v) is 6.37. The number of aromatic nitrogens is 2. The number of nitrogens with one attached hydrogen (secondary N) is 1.